The minimum Gasteiger partial charge on any atom is -0.358 e. The quantitative estimate of drug-likeness (QED) is 0.791. The SMILES string of the molecule is CNC(=O)C(CC(C)C)NS(=O)(=O)c1cc(Br)sc1C. The molecule has 1 rings (SSSR count). The zero-order chi connectivity index (χ0) is 15.5. The van der Waals surface area contributed by atoms with Crippen LogP contribution in [0.5, 0.6) is 0 Å². The highest BCUT2D eigenvalue weighted by atomic mass is 79.9. The van der Waals surface area contributed by atoms with Crippen LogP contribution in [0.4, 0.5) is 0 Å². The molecule has 8 heteroatoms. The molecule has 1 atom stereocenters. The van der Waals surface area contributed by atoms with E-state index >= 15 is 0 Å². The molecular formula is C12H19BrN2O3S2. The monoisotopic (exact) mass is 382 g/mol. The Labute approximate surface area is 132 Å². The summed E-state index contributed by atoms with van der Waals surface area (Å²) in [5.74, 6) is -0.121. The predicted molar refractivity (Wildman–Crippen MR) is 84.4 cm³/mol. The number of carbonyl (C=O) groups is 1. The van der Waals surface area contributed by atoms with E-state index in [9.17, 15) is 13.2 Å². The van der Waals surface area contributed by atoms with Crippen molar-refractivity contribution in [1.82, 2.24) is 10.0 Å². The smallest absolute Gasteiger partial charge is 0.242 e. The summed E-state index contributed by atoms with van der Waals surface area (Å²) in [4.78, 5) is 12.7. The average Bonchev–Trinajstić information content (AvgIpc) is 2.66. The van der Waals surface area contributed by atoms with Crippen molar-refractivity contribution in [2.45, 2.75) is 38.1 Å². The van der Waals surface area contributed by atoms with Crippen LogP contribution in [-0.2, 0) is 14.8 Å². The summed E-state index contributed by atoms with van der Waals surface area (Å²) < 4.78 is 28.0. The first-order valence-electron chi connectivity index (χ1n) is 6.17. The molecule has 0 saturated carbocycles. The highest BCUT2D eigenvalue weighted by Gasteiger charge is 2.27. The molecule has 1 aromatic heterocycles. The van der Waals surface area contributed by atoms with E-state index in [1.165, 1.54) is 18.4 Å². The molecule has 0 aliphatic carbocycles. The summed E-state index contributed by atoms with van der Waals surface area (Å²) in [6.07, 6.45) is 0.448. The summed E-state index contributed by atoms with van der Waals surface area (Å²) in [5.41, 5.74) is 0. The second-order valence-corrected chi connectivity index (χ2v) is 9.21. The maximum absolute atomic E-state index is 12.4. The predicted octanol–water partition coefficient (Wildman–Crippen LogP) is 2.26. The van der Waals surface area contributed by atoms with Gasteiger partial charge in [0.25, 0.3) is 0 Å². The molecule has 0 aliphatic rings. The molecule has 1 amide bonds. The molecule has 114 valence electrons. The van der Waals surface area contributed by atoms with Crippen LogP contribution in [0.3, 0.4) is 0 Å². The van der Waals surface area contributed by atoms with Gasteiger partial charge in [-0.1, -0.05) is 13.8 Å². The number of amides is 1. The summed E-state index contributed by atoms with van der Waals surface area (Å²) >= 11 is 4.62. The second-order valence-electron chi connectivity index (χ2n) is 4.89. The van der Waals surface area contributed by atoms with Crippen molar-refractivity contribution in [3.63, 3.8) is 0 Å². The Morgan fingerprint density at radius 2 is 2.05 bits per heavy atom. The third-order valence-electron chi connectivity index (χ3n) is 2.70. The first kappa shape index (κ1) is 17.6. The van der Waals surface area contributed by atoms with Gasteiger partial charge in [-0.2, -0.15) is 4.72 Å². The van der Waals surface area contributed by atoms with Gasteiger partial charge in [-0.3, -0.25) is 4.79 Å². The lowest BCUT2D eigenvalue weighted by Gasteiger charge is -2.19. The van der Waals surface area contributed by atoms with Crippen molar-refractivity contribution in [3.8, 4) is 0 Å². The average molecular weight is 383 g/mol. The minimum atomic E-state index is -3.70. The van der Waals surface area contributed by atoms with E-state index in [1.807, 2.05) is 13.8 Å². The van der Waals surface area contributed by atoms with E-state index in [2.05, 4.69) is 26.0 Å². The van der Waals surface area contributed by atoms with Crippen LogP contribution in [0.1, 0.15) is 25.1 Å². The Hall–Kier alpha value is -0.440. The summed E-state index contributed by atoms with van der Waals surface area (Å²) in [5, 5.41) is 2.49. The van der Waals surface area contributed by atoms with E-state index in [1.54, 1.807) is 13.0 Å². The van der Waals surface area contributed by atoms with Crippen molar-refractivity contribution in [2.24, 2.45) is 5.92 Å². The Morgan fingerprint density at radius 3 is 2.45 bits per heavy atom. The Kier molecular flexibility index (Phi) is 6.18. The van der Waals surface area contributed by atoms with Gasteiger partial charge in [0.15, 0.2) is 0 Å². The van der Waals surface area contributed by atoms with E-state index in [0.717, 1.165) is 3.79 Å². The number of likely N-dealkylation sites (N-methyl/N-ethyl adjacent to an activating group) is 1. The van der Waals surface area contributed by atoms with Gasteiger partial charge in [0, 0.05) is 11.9 Å². The number of carbonyl (C=O) groups excluding carboxylic acids is 1. The van der Waals surface area contributed by atoms with Crippen LogP contribution in [0.2, 0.25) is 0 Å². The minimum absolute atomic E-state index is 0.204. The molecule has 0 bridgehead atoms. The van der Waals surface area contributed by atoms with Gasteiger partial charge in [0.05, 0.1) is 8.68 Å². The molecule has 20 heavy (non-hydrogen) atoms. The largest absolute Gasteiger partial charge is 0.358 e. The molecule has 5 nitrogen and oxygen atoms in total. The van der Waals surface area contributed by atoms with E-state index < -0.39 is 16.1 Å². The van der Waals surface area contributed by atoms with Crippen LogP contribution < -0.4 is 10.0 Å². The van der Waals surface area contributed by atoms with Crippen molar-refractivity contribution < 1.29 is 13.2 Å². The molecule has 0 saturated heterocycles. The van der Waals surface area contributed by atoms with Gasteiger partial charge >= 0.3 is 0 Å². The lowest BCUT2D eigenvalue weighted by molar-refractivity contribution is -0.122. The molecule has 0 aliphatic heterocycles. The highest BCUT2D eigenvalue weighted by molar-refractivity contribution is 9.11. The Morgan fingerprint density at radius 1 is 1.45 bits per heavy atom. The number of sulfonamides is 1. The number of rotatable bonds is 6. The maximum atomic E-state index is 12.4. The number of aryl methyl sites for hydroxylation is 1. The molecule has 1 unspecified atom stereocenters. The van der Waals surface area contributed by atoms with Crippen LogP contribution >= 0.6 is 27.3 Å². The Bertz CT molecular complexity index is 582. The van der Waals surface area contributed by atoms with E-state index in [0.29, 0.717) is 11.3 Å². The molecule has 0 spiro atoms. The fourth-order valence-electron chi connectivity index (χ4n) is 1.80. The number of halogens is 1. The number of nitrogens with one attached hydrogen (secondary N) is 2. The van der Waals surface area contributed by atoms with Gasteiger partial charge < -0.3 is 5.32 Å². The van der Waals surface area contributed by atoms with Gasteiger partial charge in [-0.05, 0) is 41.3 Å². The Balaban J connectivity index is 3.02. The van der Waals surface area contributed by atoms with Crippen LogP contribution in [0, 0.1) is 12.8 Å². The molecule has 0 fully saturated rings. The van der Waals surface area contributed by atoms with Gasteiger partial charge in [0.2, 0.25) is 15.9 Å². The van der Waals surface area contributed by atoms with Crippen molar-refractivity contribution >= 4 is 43.2 Å². The molecule has 1 aromatic rings. The zero-order valence-electron chi connectivity index (χ0n) is 11.9. The maximum Gasteiger partial charge on any atom is 0.242 e. The topological polar surface area (TPSA) is 75.3 Å². The third-order valence-corrected chi connectivity index (χ3v) is 5.98. The third kappa shape index (κ3) is 4.54. The number of thiophene rings is 1. The van der Waals surface area contributed by atoms with Crippen LogP contribution in [-0.4, -0.2) is 27.4 Å². The molecule has 2 N–H and O–H groups in total. The van der Waals surface area contributed by atoms with Crippen LogP contribution in [0.15, 0.2) is 14.7 Å². The summed E-state index contributed by atoms with van der Waals surface area (Å²) in [6, 6.07) is 0.793. The summed E-state index contributed by atoms with van der Waals surface area (Å²) in [7, 11) is -2.20. The van der Waals surface area contributed by atoms with Gasteiger partial charge in [-0.15, -0.1) is 11.3 Å². The second kappa shape index (κ2) is 7.02. The first-order chi connectivity index (χ1) is 9.17. The van der Waals surface area contributed by atoms with Gasteiger partial charge in [0.1, 0.15) is 6.04 Å². The normalized spacial score (nSPS) is 13.5. The molecule has 0 radical (unpaired) electrons. The van der Waals surface area contributed by atoms with E-state index in [-0.39, 0.29) is 16.7 Å². The van der Waals surface area contributed by atoms with Crippen LogP contribution in [0.25, 0.3) is 0 Å². The lowest BCUT2D eigenvalue weighted by Crippen LogP contribution is -2.46. The highest BCUT2D eigenvalue weighted by Crippen LogP contribution is 2.29. The first-order valence-corrected chi connectivity index (χ1v) is 9.26. The van der Waals surface area contributed by atoms with Gasteiger partial charge in [-0.25, -0.2) is 8.42 Å². The van der Waals surface area contributed by atoms with Crippen molar-refractivity contribution in [3.05, 3.63) is 14.7 Å². The fourth-order valence-corrected chi connectivity index (χ4v) is 5.43. The zero-order valence-corrected chi connectivity index (χ0v) is 15.1. The van der Waals surface area contributed by atoms with Crippen molar-refractivity contribution in [1.29, 1.82) is 0 Å². The standard InChI is InChI=1S/C12H19BrN2O3S2/c1-7(2)5-9(12(16)14-4)15-20(17,18)10-6-11(13)19-8(10)3/h6-7,9,15H,5H2,1-4H3,(H,14,16). The summed E-state index contributed by atoms with van der Waals surface area (Å²) in [6.45, 7) is 5.62. The fraction of sp³-hybridized carbons (Fsp3) is 0.583. The molecule has 1 heterocycles. The number of hydrogen-bond acceptors (Lipinski definition) is 4. The lowest BCUT2D eigenvalue weighted by atomic mass is 10.0. The van der Waals surface area contributed by atoms with E-state index in [4.69, 9.17) is 0 Å². The van der Waals surface area contributed by atoms with Crippen molar-refractivity contribution in [2.75, 3.05) is 7.05 Å². The molecular weight excluding hydrogens is 364 g/mol. The molecule has 0 aromatic carbocycles. The number of hydrogen-bond donors (Lipinski definition) is 2.